The Labute approximate surface area is 177 Å². The number of carbonyl (C=O) groups is 1. The minimum atomic E-state index is -0.621. The molecule has 1 atom stereocenters. The highest BCUT2D eigenvalue weighted by Gasteiger charge is 2.43. The first-order valence-electron chi connectivity index (χ1n) is 9.95. The molecule has 2 aliphatic heterocycles. The predicted octanol–water partition coefficient (Wildman–Crippen LogP) is 3.46. The van der Waals surface area contributed by atoms with Crippen molar-refractivity contribution in [2.75, 3.05) is 19.6 Å². The lowest BCUT2D eigenvalue weighted by Crippen LogP contribution is -2.44. The van der Waals surface area contributed by atoms with Gasteiger partial charge in [0.2, 0.25) is 11.7 Å². The minimum absolute atomic E-state index is 0.152. The number of nitrogens with zero attached hydrogens (tertiary/aromatic N) is 6. The lowest BCUT2D eigenvalue weighted by atomic mass is 9.97. The number of imidazole rings is 1. The van der Waals surface area contributed by atoms with Crippen LogP contribution in [0.15, 0.2) is 23.0 Å². The molecule has 156 valence electrons. The van der Waals surface area contributed by atoms with Crippen molar-refractivity contribution >= 4 is 17.5 Å². The average molecular weight is 431 g/mol. The number of carbonyl (C=O) groups excluding carboxylic acids is 1. The van der Waals surface area contributed by atoms with Crippen LogP contribution in [-0.2, 0) is 6.54 Å². The van der Waals surface area contributed by atoms with E-state index in [0.717, 1.165) is 25.2 Å². The second-order valence-corrected chi connectivity index (χ2v) is 7.76. The molecule has 0 N–H and O–H groups in total. The van der Waals surface area contributed by atoms with Gasteiger partial charge in [-0.05, 0) is 31.6 Å². The monoisotopic (exact) mass is 430 g/mol. The van der Waals surface area contributed by atoms with Crippen LogP contribution in [0, 0.1) is 5.82 Å². The number of hydrogen-bond acceptors (Lipinski definition) is 6. The van der Waals surface area contributed by atoms with E-state index in [2.05, 4.69) is 33.9 Å². The summed E-state index contributed by atoms with van der Waals surface area (Å²) >= 11 is 6.18. The van der Waals surface area contributed by atoms with E-state index in [4.69, 9.17) is 16.1 Å². The Morgan fingerprint density at radius 1 is 1.33 bits per heavy atom. The molecule has 1 amide bonds. The molecule has 0 aliphatic carbocycles. The molecule has 2 aliphatic rings. The second-order valence-electron chi connectivity index (χ2n) is 7.38. The summed E-state index contributed by atoms with van der Waals surface area (Å²) in [4.78, 5) is 26.0. The third-order valence-electron chi connectivity index (χ3n) is 5.88. The predicted molar refractivity (Wildman–Crippen MR) is 107 cm³/mol. The smallest absolute Gasteiger partial charge is 0.258 e. The molecule has 1 fully saturated rings. The number of fused-ring (bicyclic) bond motifs is 5. The zero-order chi connectivity index (χ0) is 21.0. The Kier molecular flexibility index (Phi) is 4.59. The summed E-state index contributed by atoms with van der Waals surface area (Å²) < 4.78 is 21.3. The topological polar surface area (TPSA) is 80.3 Å². The van der Waals surface area contributed by atoms with Crippen molar-refractivity contribution in [3.8, 4) is 17.2 Å². The standard InChI is InChI=1S/C20H20ClFN6O2/c1-3-26(4-2)9-14-24-19(25-30-14)17-18-13-7-8-27(13)20(29)15-12(28(18)10-23-17)6-5-11(22)16(15)21/h5-6,10,13H,3-4,7-9H2,1-2H3/t13-/m0/s1. The number of rotatable bonds is 5. The summed E-state index contributed by atoms with van der Waals surface area (Å²) in [6, 6.07) is 2.61. The largest absolute Gasteiger partial charge is 0.337 e. The Hall–Kier alpha value is -2.78. The van der Waals surface area contributed by atoms with Gasteiger partial charge in [-0.25, -0.2) is 9.37 Å². The maximum atomic E-state index is 14.1. The summed E-state index contributed by atoms with van der Waals surface area (Å²) in [7, 11) is 0. The third kappa shape index (κ3) is 2.76. The molecule has 0 saturated carbocycles. The normalized spacial score (nSPS) is 17.4. The summed E-state index contributed by atoms with van der Waals surface area (Å²) in [6.07, 6.45) is 2.37. The highest BCUT2D eigenvalue weighted by molar-refractivity contribution is 6.34. The van der Waals surface area contributed by atoms with Crippen LogP contribution in [0.4, 0.5) is 4.39 Å². The molecule has 5 rings (SSSR count). The van der Waals surface area contributed by atoms with E-state index in [-0.39, 0.29) is 22.5 Å². The Balaban J connectivity index is 1.62. The SMILES string of the molecule is CCN(CC)Cc1nc(-c2ncn3c2[C@@H]2CCN2C(=O)c2c-3ccc(F)c2Cl)no1. The van der Waals surface area contributed by atoms with Gasteiger partial charge in [0, 0.05) is 6.54 Å². The van der Waals surface area contributed by atoms with Crippen LogP contribution in [-0.4, -0.2) is 55.0 Å². The van der Waals surface area contributed by atoms with E-state index in [1.54, 1.807) is 21.9 Å². The number of benzene rings is 1. The van der Waals surface area contributed by atoms with E-state index < -0.39 is 5.82 Å². The Morgan fingerprint density at radius 2 is 2.13 bits per heavy atom. The van der Waals surface area contributed by atoms with Crippen molar-refractivity contribution in [1.29, 1.82) is 0 Å². The van der Waals surface area contributed by atoms with E-state index in [0.29, 0.717) is 36.2 Å². The van der Waals surface area contributed by atoms with E-state index in [9.17, 15) is 9.18 Å². The Bertz CT molecular complexity index is 1140. The van der Waals surface area contributed by atoms with E-state index >= 15 is 0 Å². The molecule has 8 nitrogen and oxygen atoms in total. The first-order chi connectivity index (χ1) is 14.5. The molecule has 2 aromatic heterocycles. The van der Waals surface area contributed by atoms with Gasteiger partial charge >= 0.3 is 0 Å². The van der Waals surface area contributed by atoms with Crippen LogP contribution < -0.4 is 0 Å². The van der Waals surface area contributed by atoms with Crippen molar-refractivity contribution in [2.45, 2.75) is 32.9 Å². The fraction of sp³-hybridized carbons (Fsp3) is 0.400. The van der Waals surface area contributed by atoms with Crippen LogP contribution in [0.2, 0.25) is 5.02 Å². The molecule has 1 saturated heterocycles. The quantitative estimate of drug-likeness (QED) is 0.616. The van der Waals surface area contributed by atoms with Gasteiger partial charge < -0.3 is 9.42 Å². The molecule has 0 bridgehead atoms. The lowest BCUT2D eigenvalue weighted by molar-refractivity contribution is 0.0461. The molecule has 4 heterocycles. The van der Waals surface area contributed by atoms with E-state index in [1.807, 2.05) is 0 Å². The van der Waals surface area contributed by atoms with Crippen molar-refractivity contribution in [1.82, 2.24) is 29.5 Å². The van der Waals surface area contributed by atoms with Gasteiger partial charge in [-0.3, -0.25) is 14.3 Å². The van der Waals surface area contributed by atoms with Crippen LogP contribution in [0.3, 0.4) is 0 Å². The lowest BCUT2D eigenvalue weighted by Gasteiger charge is -2.39. The first-order valence-corrected chi connectivity index (χ1v) is 10.3. The minimum Gasteiger partial charge on any atom is -0.337 e. The molecule has 10 heteroatoms. The van der Waals surface area contributed by atoms with Crippen LogP contribution >= 0.6 is 11.6 Å². The summed E-state index contributed by atoms with van der Waals surface area (Å²) in [5.74, 6) is -0.0161. The van der Waals surface area contributed by atoms with Crippen molar-refractivity contribution in [3.63, 3.8) is 0 Å². The van der Waals surface area contributed by atoms with Crippen molar-refractivity contribution in [3.05, 3.63) is 46.4 Å². The molecule has 0 radical (unpaired) electrons. The third-order valence-corrected chi connectivity index (χ3v) is 6.25. The molecular weight excluding hydrogens is 411 g/mol. The van der Waals surface area contributed by atoms with Gasteiger partial charge in [-0.2, -0.15) is 4.98 Å². The zero-order valence-corrected chi connectivity index (χ0v) is 17.4. The molecule has 1 aromatic carbocycles. The summed E-state index contributed by atoms with van der Waals surface area (Å²) in [6.45, 7) is 7.03. The molecular formula is C20H20ClFN6O2. The van der Waals surface area contributed by atoms with E-state index in [1.165, 1.54) is 6.07 Å². The average Bonchev–Trinajstić information content (AvgIpc) is 3.32. The Morgan fingerprint density at radius 3 is 2.83 bits per heavy atom. The molecule has 0 unspecified atom stereocenters. The van der Waals surface area contributed by atoms with Crippen molar-refractivity contribution in [2.24, 2.45) is 0 Å². The second kappa shape index (κ2) is 7.17. The van der Waals surface area contributed by atoms with Gasteiger partial charge in [0.05, 0.1) is 34.6 Å². The zero-order valence-electron chi connectivity index (χ0n) is 16.6. The highest BCUT2D eigenvalue weighted by atomic mass is 35.5. The first kappa shape index (κ1) is 19.2. The molecule has 3 aromatic rings. The van der Waals surface area contributed by atoms with Gasteiger partial charge in [-0.15, -0.1) is 0 Å². The fourth-order valence-corrected chi connectivity index (χ4v) is 4.34. The number of hydrogen-bond donors (Lipinski definition) is 0. The highest BCUT2D eigenvalue weighted by Crippen LogP contribution is 2.44. The molecule has 0 spiro atoms. The van der Waals surface area contributed by atoms with Crippen LogP contribution in [0.1, 0.15) is 48.3 Å². The van der Waals surface area contributed by atoms with Gasteiger partial charge in [-0.1, -0.05) is 30.6 Å². The summed E-state index contributed by atoms with van der Waals surface area (Å²) in [5.41, 5.74) is 1.99. The fourth-order valence-electron chi connectivity index (χ4n) is 4.10. The van der Waals surface area contributed by atoms with Crippen LogP contribution in [0.5, 0.6) is 0 Å². The number of halogens is 2. The molecule has 30 heavy (non-hydrogen) atoms. The summed E-state index contributed by atoms with van der Waals surface area (Å²) in [5, 5.41) is 3.96. The number of amides is 1. The maximum absolute atomic E-state index is 14.1. The maximum Gasteiger partial charge on any atom is 0.258 e. The van der Waals surface area contributed by atoms with Gasteiger partial charge in [0.1, 0.15) is 17.8 Å². The number of aromatic nitrogens is 4. The van der Waals surface area contributed by atoms with Crippen molar-refractivity contribution < 1.29 is 13.7 Å². The van der Waals surface area contributed by atoms with Gasteiger partial charge in [0.15, 0.2) is 0 Å². The van der Waals surface area contributed by atoms with Crippen LogP contribution in [0.25, 0.3) is 17.2 Å². The van der Waals surface area contributed by atoms with Gasteiger partial charge in [0.25, 0.3) is 5.91 Å².